The van der Waals surface area contributed by atoms with Crippen molar-refractivity contribution in [3.05, 3.63) is 0 Å². The van der Waals surface area contributed by atoms with Crippen molar-refractivity contribution in [3.8, 4) is 0 Å². The quantitative estimate of drug-likeness (QED) is 0.312. The Hall–Kier alpha value is -0.240. The summed E-state index contributed by atoms with van der Waals surface area (Å²) in [6.07, 6.45) is 12.9. The summed E-state index contributed by atoms with van der Waals surface area (Å²) in [5.41, 5.74) is 1.93. The molecule has 6 aliphatic rings. The maximum atomic E-state index is 2.69. The van der Waals surface area contributed by atoms with Crippen LogP contribution < -0.4 is 0 Å². The largest absolute Gasteiger partial charge is 0.306 e. The first-order valence-corrected chi connectivity index (χ1v) is 19.7. The minimum Gasteiger partial charge on any atom is -0.306 e. The Balaban J connectivity index is 0.000000186. The van der Waals surface area contributed by atoms with E-state index in [4.69, 9.17) is 0 Å². The zero-order valence-electron chi connectivity index (χ0n) is 32.0. The monoisotopic (exact) mass is 647 g/mol. The lowest BCUT2D eigenvalue weighted by atomic mass is 9.79. The molecular weight excluding hydrogens is 564 g/mol. The van der Waals surface area contributed by atoms with Crippen molar-refractivity contribution in [2.45, 2.75) is 152 Å². The maximum absolute atomic E-state index is 2.69. The summed E-state index contributed by atoms with van der Waals surface area (Å²) >= 11 is 0. The first-order chi connectivity index (χ1) is 21.3. The Labute approximate surface area is 289 Å². The lowest BCUT2D eigenvalue weighted by Gasteiger charge is -2.42. The minimum atomic E-state index is 0. The van der Waals surface area contributed by atoms with Gasteiger partial charge in [0.05, 0.1) is 0 Å². The lowest BCUT2D eigenvalue weighted by molar-refractivity contribution is 0.0678. The molecule has 3 unspecified atom stereocenters. The fraction of sp³-hybridized carbons (Fsp3) is 1.00. The van der Waals surface area contributed by atoms with Gasteiger partial charge < -0.3 is 29.4 Å². The standard InChI is InChI=1S/C14H28N2.C13H26N2.C12H24N2.CH4/c1-12(2)15-8-5-6-14(10-15)7-9-16(11-14)13(3)4;1-4-14-8-5-6-13(10-14)7-9-15(11-13)12(2)3;1-11(2)14-8-6-12(10-14)5-4-7-13(3)9-12;/h12-13H,5-11H2,1-4H3;12H,4-11H2,1-3H3;11H,4-10H2,1-3H3;1H4. The Morgan fingerprint density at radius 3 is 1.15 bits per heavy atom. The molecule has 0 N–H and O–H groups in total. The highest BCUT2D eigenvalue weighted by molar-refractivity contribution is 4.97. The van der Waals surface area contributed by atoms with Crippen LogP contribution in [0.4, 0.5) is 0 Å². The molecule has 3 atom stereocenters. The molecule has 6 fully saturated rings. The van der Waals surface area contributed by atoms with Gasteiger partial charge in [0.2, 0.25) is 0 Å². The maximum Gasteiger partial charge on any atom is 0.00534 e. The SMILES string of the molecule is C.CC(C)N1CCC2(CCCN(C)C2)C1.CC(C)N1CCCC2(CCN(C(C)C)C2)C1.CCN1CCCC2(CCN(C(C)C)C2)C1. The Bertz CT molecular complexity index is 876. The number of piperidine rings is 3. The van der Waals surface area contributed by atoms with Crippen molar-refractivity contribution in [2.24, 2.45) is 16.2 Å². The van der Waals surface area contributed by atoms with Crippen LogP contribution in [0, 0.1) is 16.2 Å². The highest BCUT2D eigenvalue weighted by atomic mass is 15.2. The van der Waals surface area contributed by atoms with Gasteiger partial charge in [-0.1, -0.05) is 14.4 Å². The van der Waals surface area contributed by atoms with Gasteiger partial charge in [-0.05, 0) is 182 Å². The molecule has 6 saturated heterocycles. The molecule has 3 spiro atoms. The Kier molecular flexibility index (Phi) is 15.4. The summed E-state index contributed by atoms with van der Waals surface area (Å²) in [5, 5.41) is 0. The molecule has 0 bridgehead atoms. The van der Waals surface area contributed by atoms with E-state index in [9.17, 15) is 0 Å². The zero-order chi connectivity index (χ0) is 32.8. The smallest absolute Gasteiger partial charge is 0.00534 e. The van der Waals surface area contributed by atoms with E-state index in [0.29, 0.717) is 16.2 Å². The van der Waals surface area contributed by atoms with Crippen molar-refractivity contribution in [3.63, 3.8) is 0 Å². The van der Waals surface area contributed by atoms with Gasteiger partial charge in [0.25, 0.3) is 0 Å². The fourth-order valence-electron chi connectivity index (χ4n) is 9.95. The molecule has 0 amide bonds. The molecule has 6 aliphatic heterocycles. The number of rotatable bonds is 5. The number of hydrogen-bond donors (Lipinski definition) is 0. The van der Waals surface area contributed by atoms with Gasteiger partial charge in [-0.25, -0.2) is 0 Å². The molecule has 0 aliphatic carbocycles. The number of likely N-dealkylation sites (tertiary alicyclic amines) is 6. The molecule has 0 radical (unpaired) electrons. The van der Waals surface area contributed by atoms with Crippen LogP contribution in [0.15, 0.2) is 0 Å². The van der Waals surface area contributed by atoms with Gasteiger partial charge in [0, 0.05) is 63.4 Å². The van der Waals surface area contributed by atoms with Crippen LogP contribution in [0.2, 0.25) is 0 Å². The van der Waals surface area contributed by atoms with Gasteiger partial charge in [0.1, 0.15) is 0 Å². The molecule has 6 rings (SSSR count). The van der Waals surface area contributed by atoms with Crippen molar-refractivity contribution >= 4 is 0 Å². The molecule has 0 aromatic carbocycles. The van der Waals surface area contributed by atoms with E-state index in [1.807, 2.05) is 0 Å². The van der Waals surface area contributed by atoms with E-state index in [1.165, 1.54) is 143 Å². The van der Waals surface area contributed by atoms with Crippen molar-refractivity contribution in [2.75, 3.05) is 92.1 Å². The van der Waals surface area contributed by atoms with Crippen molar-refractivity contribution in [1.82, 2.24) is 29.4 Å². The highest BCUT2D eigenvalue weighted by Crippen LogP contribution is 2.41. The predicted octanol–water partition coefficient (Wildman–Crippen LogP) is 7.24. The minimum absolute atomic E-state index is 0. The molecular formula is C40H82N6. The Morgan fingerprint density at radius 1 is 0.435 bits per heavy atom. The molecule has 46 heavy (non-hydrogen) atoms. The lowest BCUT2D eigenvalue weighted by Crippen LogP contribution is -2.47. The van der Waals surface area contributed by atoms with E-state index in [1.54, 1.807) is 0 Å². The molecule has 6 heteroatoms. The van der Waals surface area contributed by atoms with E-state index >= 15 is 0 Å². The summed E-state index contributed by atoms with van der Waals surface area (Å²) in [7, 11) is 2.28. The van der Waals surface area contributed by atoms with E-state index in [-0.39, 0.29) is 7.43 Å². The van der Waals surface area contributed by atoms with Crippen LogP contribution in [0.1, 0.15) is 128 Å². The summed E-state index contributed by atoms with van der Waals surface area (Å²) in [4.78, 5) is 15.8. The molecule has 6 heterocycles. The summed E-state index contributed by atoms with van der Waals surface area (Å²) in [5.74, 6) is 0. The molecule has 0 saturated carbocycles. The van der Waals surface area contributed by atoms with Gasteiger partial charge in [-0.15, -0.1) is 0 Å². The zero-order valence-corrected chi connectivity index (χ0v) is 32.0. The van der Waals surface area contributed by atoms with E-state index in [2.05, 4.69) is 98.8 Å². The van der Waals surface area contributed by atoms with Crippen LogP contribution in [-0.2, 0) is 0 Å². The third kappa shape index (κ3) is 10.6. The topological polar surface area (TPSA) is 19.4 Å². The second-order valence-corrected chi connectivity index (χ2v) is 17.9. The van der Waals surface area contributed by atoms with Crippen LogP contribution in [0.5, 0.6) is 0 Å². The van der Waals surface area contributed by atoms with Crippen LogP contribution in [-0.4, -0.2) is 146 Å². The molecule has 0 aromatic rings. The summed E-state index contributed by atoms with van der Waals surface area (Å²) in [6.45, 7) is 38.2. The molecule has 0 aromatic heterocycles. The first-order valence-electron chi connectivity index (χ1n) is 19.7. The second-order valence-electron chi connectivity index (χ2n) is 17.9. The van der Waals surface area contributed by atoms with E-state index < -0.39 is 0 Å². The van der Waals surface area contributed by atoms with Crippen LogP contribution >= 0.6 is 0 Å². The highest BCUT2D eigenvalue weighted by Gasteiger charge is 2.43. The average molecular weight is 647 g/mol. The summed E-state index contributed by atoms with van der Waals surface area (Å²) in [6, 6.07) is 2.93. The first kappa shape index (κ1) is 40.2. The third-order valence-electron chi connectivity index (χ3n) is 13.1. The fourth-order valence-corrected chi connectivity index (χ4v) is 9.95. The number of hydrogen-bond acceptors (Lipinski definition) is 6. The summed E-state index contributed by atoms with van der Waals surface area (Å²) < 4.78 is 0. The van der Waals surface area contributed by atoms with Crippen molar-refractivity contribution < 1.29 is 0 Å². The second kappa shape index (κ2) is 17.6. The molecule has 6 nitrogen and oxygen atoms in total. The predicted molar refractivity (Wildman–Crippen MR) is 202 cm³/mol. The van der Waals surface area contributed by atoms with Crippen LogP contribution in [0.3, 0.4) is 0 Å². The van der Waals surface area contributed by atoms with Gasteiger partial charge >= 0.3 is 0 Å². The van der Waals surface area contributed by atoms with E-state index in [0.717, 1.165) is 24.2 Å². The normalized spacial score (nSPS) is 33.8. The number of nitrogens with zero attached hydrogens (tertiary/aromatic N) is 6. The Morgan fingerprint density at radius 2 is 0.783 bits per heavy atom. The third-order valence-corrected chi connectivity index (χ3v) is 13.1. The van der Waals surface area contributed by atoms with Crippen LogP contribution in [0.25, 0.3) is 0 Å². The van der Waals surface area contributed by atoms with Gasteiger partial charge in [0.15, 0.2) is 0 Å². The van der Waals surface area contributed by atoms with Crippen molar-refractivity contribution in [1.29, 1.82) is 0 Å². The van der Waals surface area contributed by atoms with Gasteiger partial charge in [-0.3, -0.25) is 0 Å². The average Bonchev–Trinajstić information content (AvgIpc) is 3.72. The molecule has 272 valence electrons. The van der Waals surface area contributed by atoms with Gasteiger partial charge in [-0.2, -0.15) is 0 Å².